The largest absolute Gasteiger partial charge is 0.399 e. The van der Waals surface area contributed by atoms with Crippen LogP contribution in [0.3, 0.4) is 0 Å². The fraction of sp³-hybridized carbons (Fsp3) is 0.0667. The Labute approximate surface area is 111 Å². The van der Waals surface area contributed by atoms with E-state index in [1.54, 1.807) is 6.33 Å². The highest BCUT2D eigenvalue weighted by atomic mass is 15.0. The van der Waals surface area contributed by atoms with Crippen molar-refractivity contribution in [2.75, 3.05) is 11.1 Å². The van der Waals surface area contributed by atoms with Gasteiger partial charge in [0.25, 0.3) is 0 Å². The molecular formula is C15H14N4. The maximum atomic E-state index is 5.77. The highest BCUT2D eigenvalue weighted by Gasteiger charge is 2.05. The first-order valence-corrected chi connectivity index (χ1v) is 6.07. The molecule has 0 aliphatic carbocycles. The van der Waals surface area contributed by atoms with Crippen molar-refractivity contribution in [1.29, 1.82) is 0 Å². The minimum atomic E-state index is 0.702. The Bertz CT molecular complexity index is 737. The van der Waals surface area contributed by atoms with Gasteiger partial charge in [0, 0.05) is 16.8 Å². The van der Waals surface area contributed by atoms with Gasteiger partial charge in [0.1, 0.15) is 12.1 Å². The summed E-state index contributed by atoms with van der Waals surface area (Å²) >= 11 is 0. The van der Waals surface area contributed by atoms with Crippen LogP contribution in [0.25, 0.3) is 10.9 Å². The van der Waals surface area contributed by atoms with Crippen LogP contribution in [0.15, 0.2) is 48.8 Å². The summed E-state index contributed by atoms with van der Waals surface area (Å²) in [5.74, 6) is 0.791. The van der Waals surface area contributed by atoms with Gasteiger partial charge in [-0.05, 0) is 36.8 Å². The molecular weight excluding hydrogens is 236 g/mol. The first kappa shape index (κ1) is 11.5. The number of hydrogen-bond acceptors (Lipinski definition) is 4. The Balaban J connectivity index is 2.09. The van der Waals surface area contributed by atoms with Crippen molar-refractivity contribution in [1.82, 2.24) is 9.97 Å². The molecule has 0 radical (unpaired) electrons. The fourth-order valence-corrected chi connectivity index (χ4v) is 2.01. The van der Waals surface area contributed by atoms with Crippen LogP contribution >= 0.6 is 0 Å². The van der Waals surface area contributed by atoms with Crippen molar-refractivity contribution in [3.05, 3.63) is 54.4 Å². The van der Waals surface area contributed by atoms with Crippen LogP contribution < -0.4 is 11.1 Å². The van der Waals surface area contributed by atoms with E-state index in [4.69, 9.17) is 5.73 Å². The third-order valence-electron chi connectivity index (χ3n) is 3.06. The predicted molar refractivity (Wildman–Crippen MR) is 78.4 cm³/mol. The van der Waals surface area contributed by atoms with Gasteiger partial charge in [-0.3, -0.25) is 0 Å². The molecule has 0 bridgehead atoms. The van der Waals surface area contributed by atoms with Crippen molar-refractivity contribution >= 4 is 28.1 Å². The summed E-state index contributed by atoms with van der Waals surface area (Å²) < 4.78 is 0. The van der Waals surface area contributed by atoms with Gasteiger partial charge in [-0.15, -0.1) is 0 Å². The number of hydrogen-bond donors (Lipinski definition) is 2. The topological polar surface area (TPSA) is 63.8 Å². The molecule has 0 spiro atoms. The van der Waals surface area contributed by atoms with Gasteiger partial charge in [0.15, 0.2) is 0 Å². The van der Waals surface area contributed by atoms with Gasteiger partial charge in [-0.25, -0.2) is 9.97 Å². The monoisotopic (exact) mass is 250 g/mol. The summed E-state index contributed by atoms with van der Waals surface area (Å²) in [5, 5.41) is 4.30. The standard InChI is InChI=1S/C15H14N4/c1-10-4-2-3-5-13(10)19-15-12-7-6-11(16)8-14(12)17-9-18-15/h2-9H,16H2,1H3,(H,17,18,19). The number of nitrogens with zero attached hydrogens (tertiary/aromatic N) is 2. The van der Waals surface area contributed by atoms with Crippen molar-refractivity contribution in [3.63, 3.8) is 0 Å². The van der Waals surface area contributed by atoms with Gasteiger partial charge < -0.3 is 11.1 Å². The lowest BCUT2D eigenvalue weighted by Crippen LogP contribution is -1.98. The molecule has 0 amide bonds. The minimum absolute atomic E-state index is 0.702. The van der Waals surface area contributed by atoms with Crippen LogP contribution in [0.4, 0.5) is 17.2 Å². The smallest absolute Gasteiger partial charge is 0.141 e. The van der Waals surface area contributed by atoms with Crippen LogP contribution in [0, 0.1) is 6.92 Å². The number of anilines is 3. The van der Waals surface area contributed by atoms with Crippen LogP contribution in [0.5, 0.6) is 0 Å². The van der Waals surface area contributed by atoms with Crippen LogP contribution in [0.1, 0.15) is 5.56 Å². The molecule has 2 aromatic carbocycles. The Morgan fingerprint density at radius 1 is 1.05 bits per heavy atom. The second-order valence-corrected chi connectivity index (χ2v) is 4.44. The summed E-state index contributed by atoms with van der Waals surface area (Å²) in [5.41, 5.74) is 9.52. The number of rotatable bonds is 2. The van der Waals surface area contributed by atoms with Gasteiger partial charge >= 0.3 is 0 Å². The molecule has 0 fully saturated rings. The van der Waals surface area contributed by atoms with Crippen molar-refractivity contribution < 1.29 is 0 Å². The molecule has 3 N–H and O–H groups in total. The molecule has 19 heavy (non-hydrogen) atoms. The number of nitrogens with one attached hydrogen (secondary N) is 1. The number of nitrogens with two attached hydrogens (primary N) is 1. The van der Waals surface area contributed by atoms with E-state index in [1.807, 2.05) is 36.4 Å². The van der Waals surface area contributed by atoms with E-state index in [2.05, 4.69) is 28.3 Å². The van der Waals surface area contributed by atoms with E-state index in [-0.39, 0.29) is 0 Å². The van der Waals surface area contributed by atoms with E-state index in [0.717, 1.165) is 22.4 Å². The lowest BCUT2D eigenvalue weighted by molar-refractivity contribution is 1.22. The zero-order valence-corrected chi connectivity index (χ0v) is 10.6. The molecule has 0 atom stereocenters. The van der Waals surface area contributed by atoms with E-state index in [0.29, 0.717) is 5.69 Å². The van der Waals surface area contributed by atoms with E-state index in [1.165, 1.54) is 5.56 Å². The second-order valence-electron chi connectivity index (χ2n) is 4.44. The molecule has 0 aliphatic rings. The third kappa shape index (κ3) is 2.20. The van der Waals surface area contributed by atoms with Crippen molar-refractivity contribution in [2.24, 2.45) is 0 Å². The summed E-state index contributed by atoms with van der Waals surface area (Å²) in [6.45, 7) is 2.06. The molecule has 3 aromatic rings. The summed E-state index contributed by atoms with van der Waals surface area (Å²) in [6, 6.07) is 13.7. The van der Waals surface area contributed by atoms with E-state index >= 15 is 0 Å². The molecule has 0 saturated carbocycles. The second kappa shape index (κ2) is 4.57. The average Bonchev–Trinajstić information content (AvgIpc) is 2.41. The average molecular weight is 250 g/mol. The van der Waals surface area contributed by atoms with E-state index in [9.17, 15) is 0 Å². The Hall–Kier alpha value is -2.62. The van der Waals surface area contributed by atoms with Crippen molar-refractivity contribution in [3.8, 4) is 0 Å². The summed E-state index contributed by atoms with van der Waals surface area (Å²) in [7, 11) is 0. The highest BCUT2D eigenvalue weighted by Crippen LogP contribution is 2.25. The predicted octanol–water partition coefficient (Wildman–Crippen LogP) is 3.26. The molecule has 1 aromatic heterocycles. The summed E-state index contributed by atoms with van der Waals surface area (Å²) in [6.07, 6.45) is 1.54. The number of aromatic nitrogens is 2. The SMILES string of the molecule is Cc1ccccc1Nc1ncnc2cc(N)ccc12. The Morgan fingerprint density at radius 3 is 2.74 bits per heavy atom. The number of para-hydroxylation sites is 1. The lowest BCUT2D eigenvalue weighted by atomic mass is 10.2. The zero-order valence-electron chi connectivity index (χ0n) is 10.6. The van der Waals surface area contributed by atoms with Crippen molar-refractivity contribution in [2.45, 2.75) is 6.92 Å². The van der Waals surface area contributed by atoms with Gasteiger partial charge in [0.05, 0.1) is 5.52 Å². The van der Waals surface area contributed by atoms with Gasteiger partial charge in [-0.1, -0.05) is 18.2 Å². The molecule has 0 aliphatic heterocycles. The third-order valence-corrected chi connectivity index (χ3v) is 3.06. The highest BCUT2D eigenvalue weighted by molar-refractivity contribution is 5.92. The van der Waals surface area contributed by atoms with E-state index < -0.39 is 0 Å². The first-order chi connectivity index (χ1) is 9.24. The Kier molecular flexibility index (Phi) is 2.76. The molecule has 0 unspecified atom stereocenters. The number of nitrogen functional groups attached to an aromatic ring is 1. The first-order valence-electron chi connectivity index (χ1n) is 6.07. The molecule has 1 heterocycles. The zero-order chi connectivity index (χ0) is 13.2. The molecule has 4 heteroatoms. The maximum absolute atomic E-state index is 5.77. The summed E-state index contributed by atoms with van der Waals surface area (Å²) in [4.78, 5) is 8.55. The van der Waals surface area contributed by atoms with Crippen LogP contribution in [-0.2, 0) is 0 Å². The Morgan fingerprint density at radius 2 is 1.89 bits per heavy atom. The fourth-order valence-electron chi connectivity index (χ4n) is 2.01. The maximum Gasteiger partial charge on any atom is 0.141 e. The number of aryl methyl sites for hydroxylation is 1. The lowest BCUT2D eigenvalue weighted by Gasteiger charge is -2.10. The van der Waals surface area contributed by atoms with Gasteiger partial charge in [0.2, 0.25) is 0 Å². The molecule has 3 rings (SSSR count). The molecule has 0 saturated heterocycles. The number of benzene rings is 2. The van der Waals surface area contributed by atoms with Crippen LogP contribution in [-0.4, -0.2) is 9.97 Å². The quantitative estimate of drug-likeness (QED) is 0.685. The molecule has 94 valence electrons. The van der Waals surface area contributed by atoms with Crippen LogP contribution in [0.2, 0.25) is 0 Å². The van der Waals surface area contributed by atoms with Gasteiger partial charge in [-0.2, -0.15) is 0 Å². The normalized spacial score (nSPS) is 10.6. The number of fused-ring (bicyclic) bond motifs is 1. The minimum Gasteiger partial charge on any atom is -0.399 e. The molecule has 4 nitrogen and oxygen atoms in total.